The predicted molar refractivity (Wildman–Crippen MR) is 465 cm³/mol. The van der Waals surface area contributed by atoms with Gasteiger partial charge in [0.15, 0.2) is 12.2 Å². The van der Waals surface area contributed by atoms with Gasteiger partial charge in [0.05, 0.1) is 26.4 Å². The van der Waals surface area contributed by atoms with Gasteiger partial charge in [-0.1, -0.05) is 452 Å². The molecular formula is C93H182O17P2. The zero-order valence-electron chi connectivity index (χ0n) is 74.0. The summed E-state index contributed by atoms with van der Waals surface area (Å²) in [5, 5.41) is 10.7. The number of aliphatic hydroxyl groups excluding tert-OH is 1. The second-order valence-electron chi connectivity index (χ2n) is 33.9. The number of ether oxygens (including phenoxy) is 4. The van der Waals surface area contributed by atoms with Gasteiger partial charge < -0.3 is 33.8 Å². The fourth-order valence-electron chi connectivity index (χ4n) is 14.6. The van der Waals surface area contributed by atoms with Gasteiger partial charge in [-0.05, 0) is 37.5 Å². The number of esters is 4. The van der Waals surface area contributed by atoms with Crippen LogP contribution in [0.3, 0.4) is 0 Å². The van der Waals surface area contributed by atoms with E-state index in [2.05, 4.69) is 41.5 Å². The van der Waals surface area contributed by atoms with E-state index in [1.807, 2.05) is 0 Å². The minimum absolute atomic E-state index is 0.108. The first kappa shape index (κ1) is 110. The van der Waals surface area contributed by atoms with E-state index in [4.69, 9.17) is 37.0 Å². The Bertz CT molecular complexity index is 2140. The molecule has 0 bridgehead atoms. The fourth-order valence-corrected chi connectivity index (χ4v) is 16.2. The summed E-state index contributed by atoms with van der Waals surface area (Å²) < 4.78 is 69.1. The monoisotopic (exact) mass is 1630 g/mol. The van der Waals surface area contributed by atoms with Crippen molar-refractivity contribution in [3.63, 3.8) is 0 Å². The summed E-state index contributed by atoms with van der Waals surface area (Å²) in [6.45, 7) is 9.79. The number of carbonyl (C=O) groups is 4. The number of carbonyl (C=O) groups excluding carboxylic acids is 4. The second kappa shape index (κ2) is 84.1. The van der Waals surface area contributed by atoms with E-state index in [1.165, 1.54) is 321 Å². The minimum atomic E-state index is -4.97. The summed E-state index contributed by atoms with van der Waals surface area (Å²) in [5.41, 5.74) is 0. The molecule has 4 unspecified atom stereocenters. The maximum Gasteiger partial charge on any atom is 0.472 e. The number of phosphoric acid groups is 2. The highest BCUT2D eigenvalue weighted by atomic mass is 31.2. The van der Waals surface area contributed by atoms with Gasteiger partial charge in [-0.15, -0.1) is 0 Å². The lowest BCUT2D eigenvalue weighted by atomic mass is 9.99. The molecule has 0 aliphatic heterocycles. The van der Waals surface area contributed by atoms with Crippen LogP contribution in [0.25, 0.3) is 0 Å². The zero-order valence-corrected chi connectivity index (χ0v) is 75.8. The van der Waals surface area contributed by atoms with Gasteiger partial charge in [0, 0.05) is 25.7 Å². The first-order valence-electron chi connectivity index (χ1n) is 48.1. The van der Waals surface area contributed by atoms with Gasteiger partial charge in [-0.3, -0.25) is 37.3 Å². The Morgan fingerprint density at radius 1 is 0.250 bits per heavy atom. The van der Waals surface area contributed by atoms with E-state index in [1.54, 1.807) is 0 Å². The molecule has 7 atom stereocenters. The standard InChI is InChI=1S/C93H182O17P2/c1-7-11-13-15-17-19-21-23-25-27-28-29-30-35-38-42-46-50-57-63-69-75-90(95)103-81-88(109-92(97)77-72-66-60-52-48-44-40-36-32-31-34-37-41-45-49-55-61-67-73-85(5)9-3)83-107-111(99,100)105-79-87(94)80-106-112(101,102)108-84-89(82-104-91(96)76-70-64-58-54-53-56-62-68-74-86(6)10-4)110-93(98)78-71-65-59-51-47-43-39-33-26-24-22-20-18-16-14-12-8-2/h85-89,94H,7-84H2,1-6H3,(H,99,100)(H,101,102)/t85?,86?,87-,88-,89-/m1/s1. The van der Waals surface area contributed by atoms with E-state index in [0.29, 0.717) is 25.7 Å². The van der Waals surface area contributed by atoms with Crippen LogP contribution in [0.1, 0.15) is 504 Å². The lowest BCUT2D eigenvalue weighted by Gasteiger charge is -2.21. The Kier molecular flexibility index (Phi) is 82.6. The largest absolute Gasteiger partial charge is 0.472 e. The van der Waals surface area contributed by atoms with Crippen LogP contribution in [0.5, 0.6) is 0 Å². The third-order valence-corrected chi connectivity index (χ3v) is 24.6. The van der Waals surface area contributed by atoms with Crippen molar-refractivity contribution < 1.29 is 80.2 Å². The molecule has 0 aromatic rings. The maximum atomic E-state index is 13.2. The summed E-state index contributed by atoms with van der Waals surface area (Å²) in [6, 6.07) is 0. The molecule has 0 saturated carbocycles. The molecule has 0 fully saturated rings. The number of aliphatic hydroxyl groups is 1. The van der Waals surface area contributed by atoms with E-state index in [0.717, 1.165) is 102 Å². The van der Waals surface area contributed by atoms with Gasteiger partial charge in [-0.2, -0.15) is 0 Å². The summed E-state index contributed by atoms with van der Waals surface area (Å²) in [7, 11) is -9.94. The van der Waals surface area contributed by atoms with Crippen LogP contribution in [0.4, 0.5) is 0 Å². The van der Waals surface area contributed by atoms with Crippen molar-refractivity contribution in [3.05, 3.63) is 0 Å². The molecular weight excluding hydrogens is 1450 g/mol. The summed E-state index contributed by atoms with van der Waals surface area (Å²) in [4.78, 5) is 73.5. The molecule has 0 spiro atoms. The van der Waals surface area contributed by atoms with Gasteiger partial charge in [0.2, 0.25) is 0 Å². The van der Waals surface area contributed by atoms with Crippen molar-refractivity contribution in [2.24, 2.45) is 11.8 Å². The summed E-state index contributed by atoms with van der Waals surface area (Å²) >= 11 is 0. The molecule has 0 amide bonds. The predicted octanol–water partition coefficient (Wildman–Crippen LogP) is 29.0. The third kappa shape index (κ3) is 83.1. The lowest BCUT2D eigenvalue weighted by molar-refractivity contribution is -0.161. The molecule has 0 radical (unpaired) electrons. The number of unbranched alkanes of at least 4 members (excludes halogenated alkanes) is 60. The van der Waals surface area contributed by atoms with Crippen molar-refractivity contribution in [1.29, 1.82) is 0 Å². The SMILES string of the molecule is CCCCCCCCCCCCCCCCCCCCCCCC(=O)OC[C@H](COP(=O)(O)OC[C@@H](O)COP(=O)(O)OC[C@@H](COC(=O)CCCCCCCCCCC(C)CC)OC(=O)CCCCCCCCCCCCCCCCCCC)OC(=O)CCCCCCCCCCCCCCCCCCCCC(C)CC. The van der Waals surface area contributed by atoms with Crippen molar-refractivity contribution in [2.75, 3.05) is 39.6 Å². The van der Waals surface area contributed by atoms with Crippen LogP contribution in [0.15, 0.2) is 0 Å². The van der Waals surface area contributed by atoms with Crippen LogP contribution in [0.2, 0.25) is 0 Å². The average Bonchev–Trinajstić information content (AvgIpc) is 0.901. The van der Waals surface area contributed by atoms with Gasteiger partial charge in [0.25, 0.3) is 0 Å². The first-order chi connectivity index (χ1) is 54.4. The molecule has 0 rings (SSSR count). The normalized spacial score (nSPS) is 14.2. The van der Waals surface area contributed by atoms with E-state index in [-0.39, 0.29) is 25.7 Å². The second-order valence-corrected chi connectivity index (χ2v) is 36.8. The Morgan fingerprint density at radius 2 is 0.429 bits per heavy atom. The van der Waals surface area contributed by atoms with Gasteiger partial charge >= 0.3 is 39.5 Å². The van der Waals surface area contributed by atoms with Crippen molar-refractivity contribution >= 4 is 39.5 Å². The van der Waals surface area contributed by atoms with Crippen LogP contribution in [-0.4, -0.2) is 96.7 Å². The zero-order chi connectivity index (χ0) is 82.0. The number of hydrogen-bond donors (Lipinski definition) is 3. The Labute approximate surface area is 689 Å². The topological polar surface area (TPSA) is 237 Å². The highest BCUT2D eigenvalue weighted by Gasteiger charge is 2.31. The summed E-state index contributed by atoms with van der Waals surface area (Å²) in [5.74, 6) is -0.445. The first-order valence-corrected chi connectivity index (χ1v) is 51.1. The summed E-state index contributed by atoms with van der Waals surface area (Å²) in [6.07, 6.45) is 79.2. The molecule has 0 aliphatic carbocycles. The van der Waals surface area contributed by atoms with Crippen molar-refractivity contribution in [2.45, 2.75) is 522 Å². The molecule has 0 saturated heterocycles. The van der Waals surface area contributed by atoms with Crippen LogP contribution >= 0.6 is 15.6 Å². The Balaban J connectivity index is 5.24. The Hall–Kier alpha value is -1.94. The number of hydrogen-bond acceptors (Lipinski definition) is 15. The number of rotatable bonds is 92. The van der Waals surface area contributed by atoms with E-state index < -0.39 is 97.5 Å². The van der Waals surface area contributed by atoms with E-state index >= 15 is 0 Å². The molecule has 0 heterocycles. The third-order valence-electron chi connectivity index (χ3n) is 22.7. The van der Waals surface area contributed by atoms with Gasteiger partial charge in [0.1, 0.15) is 19.3 Å². The van der Waals surface area contributed by atoms with Crippen LogP contribution in [0, 0.1) is 11.8 Å². The molecule has 0 aromatic carbocycles. The molecule has 0 aliphatic rings. The minimum Gasteiger partial charge on any atom is -0.462 e. The molecule has 666 valence electrons. The molecule has 19 heteroatoms. The average molecular weight is 1630 g/mol. The maximum absolute atomic E-state index is 13.2. The van der Waals surface area contributed by atoms with Crippen LogP contribution < -0.4 is 0 Å². The van der Waals surface area contributed by atoms with Crippen molar-refractivity contribution in [3.8, 4) is 0 Å². The van der Waals surface area contributed by atoms with E-state index in [9.17, 15) is 43.2 Å². The smallest absolute Gasteiger partial charge is 0.462 e. The van der Waals surface area contributed by atoms with Crippen molar-refractivity contribution in [1.82, 2.24) is 0 Å². The molecule has 17 nitrogen and oxygen atoms in total. The molecule has 112 heavy (non-hydrogen) atoms. The molecule has 3 N–H and O–H groups in total. The van der Waals surface area contributed by atoms with Crippen LogP contribution in [-0.2, 0) is 65.4 Å². The van der Waals surface area contributed by atoms with Gasteiger partial charge in [-0.25, -0.2) is 9.13 Å². The highest BCUT2D eigenvalue weighted by molar-refractivity contribution is 7.47. The quantitative estimate of drug-likeness (QED) is 0.0222. The Morgan fingerprint density at radius 3 is 0.634 bits per heavy atom. The number of phosphoric ester groups is 2. The lowest BCUT2D eigenvalue weighted by Crippen LogP contribution is -2.30. The fraction of sp³-hybridized carbons (Fsp3) is 0.957. The molecule has 0 aromatic heterocycles. The highest BCUT2D eigenvalue weighted by Crippen LogP contribution is 2.45.